The fourth-order valence-corrected chi connectivity index (χ4v) is 2.49. The zero-order chi connectivity index (χ0) is 18.1. The fourth-order valence-electron chi connectivity index (χ4n) is 2.49. The number of carbonyl (C=O) groups is 2. The molecule has 2 N–H and O–H groups in total. The predicted octanol–water partition coefficient (Wildman–Crippen LogP) is 2.93. The highest BCUT2D eigenvalue weighted by atomic mass is 16.6. The van der Waals surface area contributed by atoms with Crippen LogP contribution < -0.4 is 10.8 Å². The maximum absolute atomic E-state index is 12.5. The Morgan fingerprint density at radius 2 is 1.56 bits per heavy atom. The topological polar surface area (TPSA) is 67.4 Å². The smallest absolute Gasteiger partial charge is 0.265 e. The Bertz CT molecular complexity index is 674. The highest BCUT2D eigenvalue weighted by molar-refractivity contribution is 5.89. The molecule has 5 heteroatoms. The molecule has 0 saturated heterocycles. The summed E-state index contributed by atoms with van der Waals surface area (Å²) in [4.78, 5) is 29.7. The molecule has 0 fully saturated rings. The summed E-state index contributed by atoms with van der Waals surface area (Å²) in [5.41, 5.74) is 4.27. The molecule has 0 bridgehead atoms. The summed E-state index contributed by atoms with van der Waals surface area (Å²) in [5, 5.41) is 2.75. The molecule has 2 unspecified atom stereocenters. The molecule has 2 aromatic carbocycles. The van der Waals surface area contributed by atoms with Crippen molar-refractivity contribution in [2.24, 2.45) is 0 Å². The van der Waals surface area contributed by atoms with Gasteiger partial charge in [-0.1, -0.05) is 67.6 Å². The first-order valence-electron chi connectivity index (χ1n) is 8.42. The van der Waals surface area contributed by atoms with Crippen LogP contribution in [0.1, 0.15) is 37.3 Å². The van der Waals surface area contributed by atoms with Crippen LogP contribution in [0.25, 0.3) is 0 Å². The summed E-state index contributed by atoms with van der Waals surface area (Å²) >= 11 is 0. The third-order valence-corrected chi connectivity index (χ3v) is 3.93. The van der Waals surface area contributed by atoms with Crippen molar-refractivity contribution >= 4 is 11.8 Å². The normalized spacial score (nSPS) is 12.9. The van der Waals surface area contributed by atoms with Crippen LogP contribution in [0.15, 0.2) is 60.7 Å². The standard InChI is InChI=1S/C20H24N2O3/c1-3-18(17-12-8-5-9-13-17)20(24)21-15(2)19(23)22-25-14-16-10-6-4-7-11-16/h4-13,15,18H,3,14H2,1-2H3,(H,21,24)(H,22,23). The minimum absolute atomic E-state index is 0.167. The number of amides is 2. The van der Waals surface area contributed by atoms with Crippen molar-refractivity contribution in [2.75, 3.05) is 0 Å². The quantitative estimate of drug-likeness (QED) is 0.726. The van der Waals surface area contributed by atoms with E-state index in [1.165, 1.54) is 0 Å². The van der Waals surface area contributed by atoms with Crippen LogP contribution in [0.4, 0.5) is 0 Å². The lowest BCUT2D eigenvalue weighted by molar-refractivity contribution is -0.139. The van der Waals surface area contributed by atoms with Gasteiger partial charge in [-0.25, -0.2) is 5.48 Å². The number of hydrogen-bond donors (Lipinski definition) is 2. The van der Waals surface area contributed by atoms with Gasteiger partial charge in [0.15, 0.2) is 0 Å². The Morgan fingerprint density at radius 1 is 0.960 bits per heavy atom. The van der Waals surface area contributed by atoms with Crippen molar-refractivity contribution in [1.82, 2.24) is 10.8 Å². The summed E-state index contributed by atoms with van der Waals surface area (Å²) in [6.07, 6.45) is 0.661. The highest BCUT2D eigenvalue weighted by Crippen LogP contribution is 2.19. The van der Waals surface area contributed by atoms with E-state index in [9.17, 15) is 9.59 Å². The maximum Gasteiger partial charge on any atom is 0.265 e. The molecule has 2 rings (SSSR count). The van der Waals surface area contributed by atoms with Gasteiger partial charge in [-0.2, -0.15) is 0 Å². The molecule has 2 amide bonds. The minimum atomic E-state index is -0.680. The summed E-state index contributed by atoms with van der Waals surface area (Å²) in [6, 6.07) is 18.4. The molecule has 5 nitrogen and oxygen atoms in total. The Balaban J connectivity index is 1.82. The molecule has 0 radical (unpaired) electrons. The van der Waals surface area contributed by atoms with Crippen LogP contribution in [0, 0.1) is 0 Å². The molecule has 0 spiro atoms. The Labute approximate surface area is 148 Å². The molecule has 0 aliphatic carbocycles. The lowest BCUT2D eigenvalue weighted by Gasteiger charge is -2.19. The van der Waals surface area contributed by atoms with Crippen molar-refractivity contribution < 1.29 is 14.4 Å². The molecular formula is C20H24N2O3. The SMILES string of the molecule is CCC(C(=O)NC(C)C(=O)NOCc1ccccc1)c1ccccc1. The van der Waals surface area contributed by atoms with Gasteiger partial charge in [-0.05, 0) is 24.5 Å². The molecule has 25 heavy (non-hydrogen) atoms. The zero-order valence-corrected chi connectivity index (χ0v) is 14.6. The first kappa shape index (κ1) is 18.7. The maximum atomic E-state index is 12.5. The minimum Gasteiger partial charge on any atom is -0.344 e. The molecule has 0 aliphatic heterocycles. The van der Waals surface area contributed by atoms with Gasteiger partial charge in [0.05, 0.1) is 12.5 Å². The van der Waals surface area contributed by atoms with Crippen molar-refractivity contribution in [2.45, 2.75) is 38.8 Å². The Kier molecular flexibility index (Phi) is 7.16. The summed E-state index contributed by atoms with van der Waals surface area (Å²) < 4.78 is 0. The number of hydroxylamine groups is 1. The molecule has 2 atom stereocenters. The van der Waals surface area contributed by atoms with Crippen LogP contribution >= 0.6 is 0 Å². The predicted molar refractivity (Wildman–Crippen MR) is 96.5 cm³/mol. The van der Waals surface area contributed by atoms with Crippen molar-refractivity contribution in [3.63, 3.8) is 0 Å². The number of hydrogen-bond acceptors (Lipinski definition) is 3. The average Bonchev–Trinajstić information content (AvgIpc) is 2.64. The number of carbonyl (C=O) groups excluding carboxylic acids is 2. The second kappa shape index (κ2) is 9.59. The second-order valence-electron chi connectivity index (χ2n) is 5.84. The second-order valence-corrected chi connectivity index (χ2v) is 5.84. The Hall–Kier alpha value is -2.66. The van der Waals surface area contributed by atoms with E-state index in [0.29, 0.717) is 6.42 Å². The van der Waals surface area contributed by atoms with Crippen LogP contribution in [0.2, 0.25) is 0 Å². The first-order chi connectivity index (χ1) is 12.1. The fraction of sp³-hybridized carbons (Fsp3) is 0.300. The van der Waals surface area contributed by atoms with E-state index in [1.54, 1.807) is 6.92 Å². The molecule has 132 valence electrons. The van der Waals surface area contributed by atoms with Gasteiger partial charge in [-0.15, -0.1) is 0 Å². The highest BCUT2D eigenvalue weighted by Gasteiger charge is 2.22. The monoisotopic (exact) mass is 340 g/mol. The van der Waals surface area contributed by atoms with E-state index in [2.05, 4.69) is 10.8 Å². The number of benzene rings is 2. The van der Waals surface area contributed by atoms with Gasteiger partial charge in [-0.3, -0.25) is 14.4 Å². The molecule has 0 saturated carbocycles. The van der Waals surface area contributed by atoms with E-state index in [1.807, 2.05) is 67.6 Å². The van der Waals surface area contributed by atoms with E-state index < -0.39 is 6.04 Å². The summed E-state index contributed by atoms with van der Waals surface area (Å²) in [6.45, 7) is 3.86. The largest absolute Gasteiger partial charge is 0.344 e. The van der Waals surface area contributed by atoms with Crippen molar-refractivity contribution in [3.05, 3.63) is 71.8 Å². The van der Waals surface area contributed by atoms with Gasteiger partial charge in [0.2, 0.25) is 5.91 Å². The van der Waals surface area contributed by atoms with Crippen LogP contribution in [-0.2, 0) is 21.0 Å². The molecule has 0 heterocycles. The van der Waals surface area contributed by atoms with Crippen molar-refractivity contribution in [1.29, 1.82) is 0 Å². The molecule has 0 aliphatic rings. The van der Waals surface area contributed by atoms with E-state index >= 15 is 0 Å². The lowest BCUT2D eigenvalue weighted by Crippen LogP contribution is -2.46. The van der Waals surface area contributed by atoms with Crippen LogP contribution in [0.5, 0.6) is 0 Å². The van der Waals surface area contributed by atoms with Crippen LogP contribution in [0.3, 0.4) is 0 Å². The molecule has 2 aromatic rings. The van der Waals surface area contributed by atoms with Crippen LogP contribution in [-0.4, -0.2) is 17.9 Å². The van der Waals surface area contributed by atoms with Gasteiger partial charge >= 0.3 is 0 Å². The first-order valence-corrected chi connectivity index (χ1v) is 8.42. The lowest BCUT2D eigenvalue weighted by atomic mass is 9.95. The van der Waals surface area contributed by atoms with E-state index in [4.69, 9.17) is 4.84 Å². The van der Waals surface area contributed by atoms with Crippen molar-refractivity contribution in [3.8, 4) is 0 Å². The van der Waals surface area contributed by atoms with E-state index in [0.717, 1.165) is 11.1 Å². The summed E-state index contributed by atoms with van der Waals surface area (Å²) in [7, 11) is 0. The van der Waals surface area contributed by atoms with Gasteiger partial charge < -0.3 is 5.32 Å². The van der Waals surface area contributed by atoms with Gasteiger partial charge in [0.25, 0.3) is 5.91 Å². The third kappa shape index (κ3) is 5.72. The number of rotatable bonds is 8. The number of nitrogens with one attached hydrogen (secondary N) is 2. The molecular weight excluding hydrogens is 316 g/mol. The van der Waals surface area contributed by atoms with Gasteiger partial charge in [0, 0.05) is 0 Å². The average molecular weight is 340 g/mol. The van der Waals surface area contributed by atoms with Gasteiger partial charge in [0.1, 0.15) is 6.04 Å². The third-order valence-electron chi connectivity index (χ3n) is 3.93. The zero-order valence-electron chi connectivity index (χ0n) is 14.6. The molecule has 0 aromatic heterocycles. The summed E-state index contributed by atoms with van der Waals surface area (Å²) in [5.74, 6) is -0.826. The van der Waals surface area contributed by atoms with E-state index in [-0.39, 0.29) is 24.3 Å². The Morgan fingerprint density at radius 3 is 2.16 bits per heavy atom.